The third-order valence-electron chi connectivity index (χ3n) is 3.23. The molecule has 3 rings (SSSR count). The molecule has 0 saturated carbocycles. The molecule has 0 aromatic heterocycles. The summed E-state index contributed by atoms with van der Waals surface area (Å²) in [7, 11) is -5.12. The van der Waals surface area contributed by atoms with Crippen molar-refractivity contribution >= 4 is 27.5 Å². The molecule has 1 aliphatic rings. The predicted molar refractivity (Wildman–Crippen MR) is 91.6 cm³/mol. The summed E-state index contributed by atoms with van der Waals surface area (Å²) < 4.78 is 72.7. The van der Waals surface area contributed by atoms with E-state index in [9.17, 15) is 17.6 Å². The summed E-state index contributed by atoms with van der Waals surface area (Å²) in [5, 5.41) is -0.00889. The van der Waals surface area contributed by atoms with Crippen LogP contribution in [0.25, 0.3) is 0 Å². The van der Waals surface area contributed by atoms with E-state index < -0.39 is 50.7 Å². The van der Waals surface area contributed by atoms with Crippen LogP contribution >= 0.6 is 11.6 Å². The highest BCUT2D eigenvalue weighted by atomic mass is 35.5. The average Bonchev–Trinajstić information content (AvgIpc) is 2.88. The van der Waals surface area contributed by atoms with Gasteiger partial charge in [-0.15, -0.1) is 0 Å². The number of carbonyl (C=O) groups excluding carboxylic acids is 1. The fraction of sp³-hybridized carbons (Fsp3) is 0.118. The molecule has 0 unspecified atom stereocenters. The molecule has 0 aliphatic carbocycles. The fourth-order valence-corrected chi connectivity index (χ4v) is 3.14. The minimum Gasteiger partial charge on any atom is -0.460 e. The maximum absolute atomic E-state index is 14.2. The number of halogens is 2. The zero-order chi connectivity index (χ0) is 21.6. The molecule has 0 fully saturated rings. The number of benzene rings is 2. The van der Waals surface area contributed by atoms with E-state index in [4.69, 9.17) is 26.2 Å². The van der Waals surface area contributed by atoms with Crippen molar-refractivity contribution in [3.8, 4) is 0 Å². The van der Waals surface area contributed by atoms with Crippen LogP contribution in [0.1, 0.15) is 21.3 Å². The summed E-state index contributed by atoms with van der Waals surface area (Å²) in [5.41, 5.74) is 1.58. The quantitative estimate of drug-likeness (QED) is 0.775. The Hall–Kier alpha value is -2.58. The molecule has 136 valence electrons. The van der Waals surface area contributed by atoms with Gasteiger partial charge in [-0.2, -0.15) is 8.42 Å². The van der Waals surface area contributed by atoms with Gasteiger partial charge >= 0.3 is 10.1 Å². The molecule has 26 heavy (non-hydrogen) atoms. The van der Waals surface area contributed by atoms with Crippen LogP contribution in [0.3, 0.4) is 0 Å². The van der Waals surface area contributed by atoms with E-state index in [2.05, 4.69) is 4.18 Å². The van der Waals surface area contributed by atoms with Crippen LogP contribution in [0, 0.1) is 5.82 Å². The van der Waals surface area contributed by atoms with Crippen molar-refractivity contribution in [1.82, 2.24) is 0 Å². The predicted octanol–water partition coefficient (Wildman–Crippen LogP) is 2.79. The second-order valence-corrected chi connectivity index (χ2v) is 6.80. The number of hydrogen-bond donors (Lipinski definition) is 1. The van der Waals surface area contributed by atoms with Crippen molar-refractivity contribution in [3.63, 3.8) is 0 Å². The van der Waals surface area contributed by atoms with Crippen molar-refractivity contribution in [2.24, 2.45) is 5.73 Å². The van der Waals surface area contributed by atoms with Crippen molar-refractivity contribution < 1.29 is 30.6 Å². The topological polar surface area (TPSA) is 95.7 Å². The summed E-state index contributed by atoms with van der Waals surface area (Å²) in [4.78, 5) is 12.7. The Morgan fingerprint density at radius 3 is 2.69 bits per heavy atom. The molecule has 0 spiro atoms. The summed E-state index contributed by atoms with van der Waals surface area (Å²) in [5.74, 6) is -4.48. The second-order valence-electron chi connectivity index (χ2n) is 5.08. The summed E-state index contributed by atoms with van der Waals surface area (Å²) >= 11 is 5.77. The first-order chi connectivity index (χ1) is 13.4. The Kier molecular flexibility index (Phi) is 3.91. The first-order valence-corrected chi connectivity index (χ1v) is 8.87. The van der Waals surface area contributed by atoms with Crippen LogP contribution in [-0.2, 0) is 29.5 Å². The van der Waals surface area contributed by atoms with E-state index in [1.807, 2.05) is 0 Å². The standard InChI is InChI=1S/C17H13ClFNO5S/c18-11-6-7-13(19)12(8-11)15-14(21)16(17(20)24-15)25-26(22,23)9-10-4-2-1-3-5-10/h1-8,15H,9,20H2/t15-/m1/s1/i9D2,15D. The Balaban J connectivity index is 1.97. The zero-order valence-electron chi connectivity index (χ0n) is 15.9. The van der Waals surface area contributed by atoms with Gasteiger partial charge < -0.3 is 14.7 Å². The third-order valence-corrected chi connectivity index (χ3v) is 4.34. The summed E-state index contributed by atoms with van der Waals surface area (Å²) in [6.07, 6.45) is -2.79. The van der Waals surface area contributed by atoms with Gasteiger partial charge in [-0.05, 0) is 23.8 Å². The van der Waals surface area contributed by atoms with Crippen LogP contribution in [0.15, 0.2) is 60.2 Å². The molecule has 2 N–H and O–H groups in total. The lowest BCUT2D eigenvalue weighted by Gasteiger charge is -2.11. The number of nitrogens with two attached hydrogens (primary N) is 1. The van der Waals surface area contributed by atoms with Gasteiger partial charge in [-0.3, -0.25) is 4.79 Å². The lowest BCUT2D eigenvalue weighted by atomic mass is 10.1. The smallest absolute Gasteiger partial charge is 0.313 e. The van der Waals surface area contributed by atoms with Crippen LogP contribution < -0.4 is 5.73 Å². The largest absolute Gasteiger partial charge is 0.460 e. The van der Waals surface area contributed by atoms with Gasteiger partial charge in [0.1, 0.15) is 11.5 Å². The fourth-order valence-electron chi connectivity index (χ4n) is 2.13. The number of Topliss-reactive ketones (excluding diaryl/α,β-unsaturated/α-hetero) is 1. The van der Waals surface area contributed by atoms with Crippen LogP contribution in [0.4, 0.5) is 4.39 Å². The monoisotopic (exact) mass is 400 g/mol. The van der Waals surface area contributed by atoms with Gasteiger partial charge in [0.05, 0.1) is 4.11 Å². The van der Waals surface area contributed by atoms with Crippen LogP contribution in [0.5, 0.6) is 0 Å². The Labute approximate surface area is 158 Å². The molecule has 2 aromatic rings. The highest BCUT2D eigenvalue weighted by molar-refractivity contribution is 7.86. The van der Waals surface area contributed by atoms with Gasteiger partial charge in [0.2, 0.25) is 17.4 Å². The molecule has 1 aliphatic heterocycles. The molecule has 0 saturated heterocycles. The molecular formula is C17H13ClFNO5S. The SMILES string of the molecule is [2H]C([2H])(c1ccccc1)S(=O)(=O)OC1=C(N)O[C@]([2H])(c2cc(Cl)ccc2F)C1=O. The normalized spacial score (nSPS) is 22.4. The third kappa shape index (κ3) is 3.81. The molecule has 2 aromatic carbocycles. The zero-order valence-corrected chi connectivity index (χ0v) is 14.5. The molecule has 9 heteroatoms. The van der Waals surface area contributed by atoms with Crippen molar-refractivity contribution in [1.29, 1.82) is 0 Å². The molecule has 0 radical (unpaired) electrons. The van der Waals surface area contributed by atoms with Gasteiger partial charge in [-0.1, -0.05) is 41.9 Å². The lowest BCUT2D eigenvalue weighted by Crippen LogP contribution is -2.17. The van der Waals surface area contributed by atoms with Crippen molar-refractivity contribution in [3.05, 3.63) is 82.1 Å². The van der Waals surface area contributed by atoms with E-state index in [1.54, 1.807) is 6.07 Å². The summed E-state index contributed by atoms with van der Waals surface area (Å²) in [6, 6.07) is 9.82. The molecule has 1 heterocycles. The van der Waals surface area contributed by atoms with E-state index in [1.165, 1.54) is 30.3 Å². The highest BCUT2D eigenvalue weighted by Crippen LogP contribution is 2.35. The molecule has 1 atom stereocenters. The number of hydrogen-bond acceptors (Lipinski definition) is 6. The first kappa shape index (κ1) is 14.6. The molecule has 0 amide bonds. The molecule has 0 bridgehead atoms. The minimum absolute atomic E-state index is 0.00889. The second kappa shape index (κ2) is 6.97. The van der Waals surface area contributed by atoms with Gasteiger partial charge in [0.15, 0.2) is 6.08 Å². The van der Waals surface area contributed by atoms with Crippen molar-refractivity contribution in [2.75, 3.05) is 0 Å². The minimum atomic E-state index is -5.12. The van der Waals surface area contributed by atoms with E-state index >= 15 is 0 Å². The number of rotatable bonds is 5. The van der Waals surface area contributed by atoms with Crippen LogP contribution in [-0.4, -0.2) is 14.2 Å². The number of ketones is 1. The maximum atomic E-state index is 14.2. The van der Waals surface area contributed by atoms with Gasteiger partial charge in [0.25, 0.3) is 0 Å². The van der Waals surface area contributed by atoms with E-state index in [-0.39, 0.29) is 10.6 Å². The first-order valence-electron chi connectivity index (χ1n) is 8.59. The Morgan fingerprint density at radius 2 is 2.00 bits per heavy atom. The number of ether oxygens (including phenoxy) is 1. The number of carbonyl (C=O) groups is 1. The van der Waals surface area contributed by atoms with Gasteiger partial charge in [0, 0.05) is 10.6 Å². The average molecular weight is 401 g/mol. The summed E-state index contributed by atoms with van der Waals surface area (Å²) in [6.45, 7) is 0. The van der Waals surface area contributed by atoms with Crippen molar-refractivity contribution in [2.45, 2.75) is 11.8 Å². The lowest BCUT2D eigenvalue weighted by molar-refractivity contribution is -0.123. The van der Waals surface area contributed by atoms with E-state index in [0.29, 0.717) is 0 Å². The highest BCUT2D eigenvalue weighted by Gasteiger charge is 2.40. The van der Waals surface area contributed by atoms with E-state index in [0.717, 1.165) is 12.1 Å². The Bertz CT molecular complexity index is 1130. The van der Waals surface area contributed by atoms with Gasteiger partial charge in [-0.25, -0.2) is 4.39 Å². The Morgan fingerprint density at radius 1 is 1.31 bits per heavy atom. The van der Waals surface area contributed by atoms with Crippen LogP contribution in [0.2, 0.25) is 5.02 Å². The maximum Gasteiger partial charge on any atom is 0.313 e. The molecule has 6 nitrogen and oxygen atoms in total. The molecular weight excluding hydrogens is 385 g/mol.